The molecule has 0 atom stereocenters. The Morgan fingerprint density at radius 3 is 2.67 bits per heavy atom. The van der Waals surface area contributed by atoms with Crippen molar-refractivity contribution < 1.29 is 28.7 Å². The van der Waals surface area contributed by atoms with Gasteiger partial charge in [-0.2, -0.15) is 5.10 Å². The molecular weight excluding hydrogens is 434 g/mol. The van der Waals surface area contributed by atoms with E-state index in [0.717, 1.165) is 5.56 Å². The van der Waals surface area contributed by atoms with Gasteiger partial charge in [0.25, 0.3) is 0 Å². The molecule has 2 heterocycles. The maximum Gasteiger partial charge on any atom is 0.411 e. The van der Waals surface area contributed by atoms with Crippen molar-refractivity contribution in [2.45, 2.75) is 13.5 Å². The number of hydrogen-bond donors (Lipinski definition) is 1. The summed E-state index contributed by atoms with van der Waals surface area (Å²) in [4.78, 5) is 26.1. The van der Waals surface area contributed by atoms with Crippen molar-refractivity contribution in [2.24, 2.45) is 12.8 Å². The summed E-state index contributed by atoms with van der Waals surface area (Å²) in [5.74, 6) is 0.454. The zero-order valence-corrected chi connectivity index (χ0v) is 18.3. The fourth-order valence-electron chi connectivity index (χ4n) is 3.01. The lowest BCUT2D eigenvalue weighted by Crippen LogP contribution is -2.17. The van der Waals surface area contributed by atoms with Gasteiger partial charge in [-0.25, -0.2) is 9.78 Å². The highest BCUT2D eigenvalue weighted by atomic mass is 16.6. The average Bonchev–Trinajstić information content (AvgIpc) is 3.20. The van der Waals surface area contributed by atoms with Crippen LogP contribution in [0, 0.1) is 17.0 Å². The van der Waals surface area contributed by atoms with Crippen LogP contribution >= 0.6 is 0 Å². The molecule has 0 saturated heterocycles. The first kappa shape index (κ1) is 23.5. The summed E-state index contributed by atoms with van der Waals surface area (Å²) in [5.41, 5.74) is 7.14. The van der Waals surface area contributed by atoms with Crippen LogP contribution in [0.3, 0.4) is 0 Å². The fourth-order valence-corrected chi connectivity index (χ4v) is 3.01. The molecule has 2 N–H and O–H groups in total. The molecule has 174 valence electrons. The zero-order valence-electron chi connectivity index (χ0n) is 18.3. The minimum atomic E-state index is -0.953. The van der Waals surface area contributed by atoms with Crippen molar-refractivity contribution in [3.05, 3.63) is 57.9 Å². The SMILES string of the molecule is COc1c(-c2ccn(C)n2)cc(OCCOCc2nc(OC(N)=O)ccc2C)cc1[N+](=O)[O-]. The van der Waals surface area contributed by atoms with Crippen LogP contribution in [0.15, 0.2) is 36.5 Å². The molecule has 0 radical (unpaired) electrons. The quantitative estimate of drug-likeness (QED) is 0.275. The number of carbonyl (C=O) groups excluding carboxylic acids is 1. The Kier molecular flexibility index (Phi) is 7.41. The normalized spacial score (nSPS) is 10.6. The number of methoxy groups -OCH3 is 1. The Bertz CT molecular complexity index is 1160. The first-order chi connectivity index (χ1) is 15.8. The Morgan fingerprint density at radius 2 is 2.03 bits per heavy atom. The lowest BCUT2D eigenvalue weighted by atomic mass is 10.1. The third-order valence-corrected chi connectivity index (χ3v) is 4.55. The monoisotopic (exact) mass is 457 g/mol. The number of carbonyl (C=O) groups is 1. The van der Waals surface area contributed by atoms with E-state index in [1.165, 1.54) is 19.2 Å². The van der Waals surface area contributed by atoms with Crippen molar-refractivity contribution in [1.82, 2.24) is 14.8 Å². The van der Waals surface area contributed by atoms with Crippen molar-refractivity contribution in [3.63, 3.8) is 0 Å². The maximum atomic E-state index is 11.6. The smallest absolute Gasteiger partial charge is 0.411 e. The number of hydrogen-bond acceptors (Lipinski definition) is 9. The van der Waals surface area contributed by atoms with Gasteiger partial charge in [0.05, 0.1) is 48.3 Å². The summed E-state index contributed by atoms with van der Waals surface area (Å²) in [6.45, 7) is 2.29. The Hall–Kier alpha value is -4.19. The van der Waals surface area contributed by atoms with E-state index in [1.54, 1.807) is 36.1 Å². The van der Waals surface area contributed by atoms with Gasteiger partial charge >= 0.3 is 11.8 Å². The maximum absolute atomic E-state index is 11.6. The number of nitro benzene ring substituents is 1. The third kappa shape index (κ3) is 5.95. The molecule has 33 heavy (non-hydrogen) atoms. The summed E-state index contributed by atoms with van der Waals surface area (Å²) in [6.07, 6.45) is 0.770. The molecule has 0 aliphatic carbocycles. The molecule has 2 aromatic heterocycles. The van der Waals surface area contributed by atoms with Gasteiger partial charge in [-0.15, -0.1) is 0 Å². The number of aryl methyl sites for hydroxylation is 2. The number of benzene rings is 1. The number of ether oxygens (including phenoxy) is 4. The number of nitro groups is 1. The van der Waals surface area contributed by atoms with Gasteiger partial charge in [-0.1, -0.05) is 6.07 Å². The van der Waals surface area contributed by atoms with E-state index in [-0.39, 0.29) is 42.9 Å². The van der Waals surface area contributed by atoms with E-state index < -0.39 is 11.0 Å². The second-order valence-corrected chi connectivity index (χ2v) is 6.89. The summed E-state index contributed by atoms with van der Waals surface area (Å²) in [7, 11) is 3.11. The van der Waals surface area contributed by atoms with Crippen molar-refractivity contribution in [2.75, 3.05) is 20.3 Å². The van der Waals surface area contributed by atoms with E-state index in [2.05, 4.69) is 10.1 Å². The Balaban J connectivity index is 1.66. The van der Waals surface area contributed by atoms with E-state index in [1.807, 2.05) is 6.92 Å². The highest BCUT2D eigenvalue weighted by Gasteiger charge is 2.23. The molecule has 12 nitrogen and oxygen atoms in total. The number of primary amides is 1. The number of pyridine rings is 1. The number of nitrogens with zero attached hydrogens (tertiary/aromatic N) is 4. The van der Waals surface area contributed by atoms with E-state index >= 15 is 0 Å². The van der Waals surface area contributed by atoms with Gasteiger partial charge in [0.2, 0.25) is 11.6 Å². The highest BCUT2D eigenvalue weighted by Crippen LogP contribution is 2.40. The van der Waals surface area contributed by atoms with Crippen LogP contribution in [0.25, 0.3) is 11.3 Å². The second kappa shape index (κ2) is 10.4. The molecule has 0 fully saturated rings. The van der Waals surface area contributed by atoms with E-state index in [4.69, 9.17) is 24.7 Å². The molecule has 3 rings (SSSR count). The molecule has 0 aliphatic heterocycles. The van der Waals surface area contributed by atoms with Gasteiger partial charge in [-0.05, 0) is 24.6 Å². The first-order valence-corrected chi connectivity index (χ1v) is 9.79. The standard InChI is InChI=1S/C21H23N5O7/c1-13-4-5-19(33-21(22)27)23-17(13)12-31-8-9-32-14-10-15(16-6-7-25(2)24-16)20(30-3)18(11-14)26(28)29/h4-7,10-11H,8-9,12H2,1-3H3,(H2,22,27). The molecule has 0 spiro atoms. The minimum absolute atomic E-state index is 0.0792. The molecule has 3 aromatic rings. The van der Waals surface area contributed by atoms with Crippen LogP contribution in [-0.2, 0) is 18.4 Å². The minimum Gasteiger partial charge on any atom is -0.491 e. The molecular formula is C21H23N5O7. The van der Waals surface area contributed by atoms with Crippen LogP contribution in [0.4, 0.5) is 10.5 Å². The Morgan fingerprint density at radius 1 is 1.24 bits per heavy atom. The Labute approximate surface area is 189 Å². The van der Waals surface area contributed by atoms with Crippen LogP contribution < -0.4 is 19.9 Å². The van der Waals surface area contributed by atoms with Crippen LogP contribution in [0.1, 0.15) is 11.3 Å². The second-order valence-electron chi connectivity index (χ2n) is 6.89. The van der Waals surface area contributed by atoms with Crippen molar-refractivity contribution >= 4 is 11.8 Å². The van der Waals surface area contributed by atoms with E-state index in [9.17, 15) is 14.9 Å². The van der Waals surface area contributed by atoms with Crippen molar-refractivity contribution in [3.8, 4) is 28.6 Å². The van der Waals surface area contributed by atoms with Crippen LogP contribution in [-0.4, -0.2) is 46.1 Å². The summed E-state index contributed by atoms with van der Waals surface area (Å²) in [5, 5.41) is 15.9. The topological polar surface area (TPSA) is 154 Å². The predicted octanol–water partition coefficient (Wildman–Crippen LogP) is 2.76. The molecule has 12 heteroatoms. The summed E-state index contributed by atoms with van der Waals surface area (Å²) in [6, 6.07) is 7.91. The number of nitrogens with two attached hydrogens (primary N) is 1. The van der Waals surface area contributed by atoms with Crippen LogP contribution in [0.2, 0.25) is 0 Å². The number of aromatic nitrogens is 3. The summed E-state index contributed by atoms with van der Waals surface area (Å²) >= 11 is 0. The highest BCUT2D eigenvalue weighted by molar-refractivity contribution is 5.75. The van der Waals surface area contributed by atoms with Gasteiger partial charge in [0.1, 0.15) is 12.4 Å². The summed E-state index contributed by atoms with van der Waals surface area (Å²) < 4.78 is 22.9. The molecule has 1 amide bonds. The zero-order chi connectivity index (χ0) is 24.0. The van der Waals surface area contributed by atoms with Gasteiger partial charge in [0, 0.05) is 19.3 Å². The van der Waals surface area contributed by atoms with Gasteiger partial charge in [-0.3, -0.25) is 14.8 Å². The largest absolute Gasteiger partial charge is 0.491 e. The molecule has 0 bridgehead atoms. The first-order valence-electron chi connectivity index (χ1n) is 9.79. The molecule has 0 unspecified atom stereocenters. The van der Waals surface area contributed by atoms with E-state index in [0.29, 0.717) is 17.0 Å². The third-order valence-electron chi connectivity index (χ3n) is 4.55. The number of rotatable bonds is 10. The van der Waals surface area contributed by atoms with Gasteiger partial charge < -0.3 is 24.7 Å². The lowest BCUT2D eigenvalue weighted by molar-refractivity contribution is -0.385. The molecule has 0 aliphatic rings. The lowest BCUT2D eigenvalue weighted by Gasteiger charge is -2.12. The van der Waals surface area contributed by atoms with Crippen LogP contribution in [0.5, 0.6) is 17.4 Å². The molecule has 1 aromatic carbocycles. The fraction of sp³-hybridized carbons (Fsp3) is 0.286. The van der Waals surface area contributed by atoms with Crippen molar-refractivity contribution in [1.29, 1.82) is 0 Å². The number of amides is 1. The predicted molar refractivity (Wildman–Crippen MR) is 116 cm³/mol. The average molecular weight is 457 g/mol. The van der Waals surface area contributed by atoms with Gasteiger partial charge in [0.15, 0.2) is 0 Å². The molecule has 0 saturated carbocycles.